The highest BCUT2D eigenvalue weighted by Crippen LogP contribution is 2.41. The van der Waals surface area contributed by atoms with Crippen molar-refractivity contribution in [1.29, 1.82) is 0 Å². The van der Waals surface area contributed by atoms with E-state index in [4.69, 9.17) is 4.74 Å². The van der Waals surface area contributed by atoms with Gasteiger partial charge in [-0.05, 0) is 31.9 Å². The summed E-state index contributed by atoms with van der Waals surface area (Å²) in [6.07, 6.45) is 4.01. The zero-order chi connectivity index (χ0) is 19.6. The highest BCUT2D eigenvalue weighted by molar-refractivity contribution is 5.72. The van der Waals surface area contributed by atoms with E-state index in [2.05, 4.69) is 0 Å². The second kappa shape index (κ2) is 7.71. The molecule has 2 aromatic rings. The van der Waals surface area contributed by atoms with Gasteiger partial charge in [0, 0.05) is 16.7 Å². The number of benzene rings is 2. The van der Waals surface area contributed by atoms with Crippen LogP contribution in [0.2, 0.25) is 0 Å². The first-order valence-corrected chi connectivity index (χ1v) is 9.01. The number of hydrogen-bond donors (Lipinski definition) is 0. The molecule has 0 aliphatic heterocycles. The molecule has 0 aromatic heterocycles. The molecule has 0 heterocycles. The van der Waals surface area contributed by atoms with E-state index >= 15 is 0 Å². The highest BCUT2D eigenvalue weighted by atomic mass is 19.2. The molecular formula is C21H20F4O2. The SMILES string of the molecule is CCOc1ccc(-c2ccc(C3(C=O)CCCCC3)c(F)c2F)c(F)c1F. The Hall–Kier alpha value is -2.37. The molecule has 0 N–H and O–H groups in total. The van der Waals surface area contributed by atoms with Crippen LogP contribution in [0.3, 0.4) is 0 Å². The van der Waals surface area contributed by atoms with Gasteiger partial charge in [0.1, 0.15) is 6.29 Å². The smallest absolute Gasteiger partial charge is 0.201 e. The van der Waals surface area contributed by atoms with Gasteiger partial charge in [-0.1, -0.05) is 31.4 Å². The summed E-state index contributed by atoms with van der Waals surface area (Å²) in [4.78, 5) is 11.7. The number of rotatable bonds is 5. The fraction of sp³-hybridized carbons (Fsp3) is 0.381. The topological polar surface area (TPSA) is 26.3 Å². The predicted molar refractivity (Wildman–Crippen MR) is 93.7 cm³/mol. The van der Waals surface area contributed by atoms with Crippen molar-refractivity contribution < 1.29 is 27.1 Å². The summed E-state index contributed by atoms with van der Waals surface area (Å²) in [5, 5.41) is 0. The van der Waals surface area contributed by atoms with Crippen LogP contribution in [0.5, 0.6) is 5.75 Å². The molecule has 0 amide bonds. The molecule has 1 saturated carbocycles. The normalized spacial score (nSPS) is 16.2. The molecule has 0 atom stereocenters. The second-order valence-electron chi connectivity index (χ2n) is 6.80. The van der Waals surface area contributed by atoms with Crippen LogP contribution in [0, 0.1) is 23.3 Å². The summed E-state index contributed by atoms with van der Waals surface area (Å²) in [6.45, 7) is 1.76. The van der Waals surface area contributed by atoms with E-state index in [-0.39, 0.29) is 17.9 Å². The number of aldehydes is 1. The zero-order valence-corrected chi connectivity index (χ0v) is 15.0. The quantitative estimate of drug-likeness (QED) is 0.491. The molecule has 2 aromatic carbocycles. The third-order valence-electron chi connectivity index (χ3n) is 5.23. The number of hydrogen-bond acceptors (Lipinski definition) is 2. The summed E-state index contributed by atoms with van der Waals surface area (Å²) in [5.41, 5.74) is -1.88. The largest absolute Gasteiger partial charge is 0.491 e. The first-order chi connectivity index (χ1) is 12.9. The van der Waals surface area contributed by atoms with Gasteiger partial charge in [-0.2, -0.15) is 4.39 Å². The Labute approximate surface area is 155 Å². The standard InChI is InChI=1S/C21H20F4O2/c1-2-27-16-9-7-14(18(23)20(16)25)13-6-8-15(19(24)17(13)22)21(12-26)10-4-3-5-11-21/h6-9,12H,2-5,10-11H2,1H3. The van der Waals surface area contributed by atoms with Gasteiger partial charge < -0.3 is 9.53 Å². The number of carbonyl (C=O) groups is 1. The average Bonchev–Trinajstić information content (AvgIpc) is 2.69. The summed E-state index contributed by atoms with van der Waals surface area (Å²) in [7, 11) is 0. The Morgan fingerprint density at radius 1 is 0.889 bits per heavy atom. The average molecular weight is 380 g/mol. The van der Waals surface area contributed by atoms with Crippen LogP contribution in [-0.4, -0.2) is 12.9 Å². The summed E-state index contributed by atoms with van der Waals surface area (Å²) < 4.78 is 63.0. The molecule has 3 rings (SSSR count). The minimum Gasteiger partial charge on any atom is -0.491 e. The Kier molecular flexibility index (Phi) is 5.53. The van der Waals surface area contributed by atoms with E-state index in [9.17, 15) is 22.4 Å². The molecule has 0 spiro atoms. The summed E-state index contributed by atoms with van der Waals surface area (Å²) in [5.74, 6) is -5.33. The molecule has 1 aliphatic rings. The van der Waals surface area contributed by atoms with E-state index < -0.39 is 39.8 Å². The molecule has 27 heavy (non-hydrogen) atoms. The third-order valence-corrected chi connectivity index (χ3v) is 5.23. The first kappa shape index (κ1) is 19.4. The van der Waals surface area contributed by atoms with Crippen molar-refractivity contribution in [1.82, 2.24) is 0 Å². The van der Waals surface area contributed by atoms with E-state index in [0.29, 0.717) is 19.1 Å². The fourth-order valence-electron chi connectivity index (χ4n) is 3.78. The monoisotopic (exact) mass is 380 g/mol. The minimum atomic E-state index is -1.31. The van der Waals surface area contributed by atoms with Crippen LogP contribution < -0.4 is 4.74 Å². The van der Waals surface area contributed by atoms with Crippen molar-refractivity contribution >= 4 is 6.29 Å². The second-order valence-corrected chi connectivity index (χ2v) is 6.80. The summed E-state index contributed by atoms with van der Waals surface area (Å²) in [6, 6.07) is 4.83. The Bertz CT molecular complexity index is 858. The molecule has 0 bridgehead atoms. The lowest BCUT2D eigenvalue weighted by Gasteiger charge is -2.33. The van der Waals surface area contributed by atoms with Crippen LogP contribution in [0.1, 0.15) is 44.6 Å². The van der Waals surface area contributed by atoms with Crippen molar-refractivity contribution in [3.63, 3.8) is 0 Å². The molecule has 0 saturated heterocycles. The molecular weight excluding hydrogens is 360 g/mol. The van der Waals surface area contributed by atoms with Gasteiger partial charge in [0.05, 0.1) is 12.0 Å². The maximum atomic E-state index is 14.8. The van der Waals surface area contributed by atoms with Crippen LogP contribution >= 0.6 is 0 Å². The molecule has 2 nitrogen and oxygen atoms in total. The Balaban J connectivity index is 2.08. The predicted octanol–water partition coefficient (Wildman–Crippen LogP) is 5.71. The van der Waals surface area contributed by atoms with Gasteiger partial charge >= 0.3 is 0 Å². The van der Waals surface area contributed by atoms with Crippen molar-refractivity contribution in [2.75, 3.05) is 6.61 Å². The lowest BCUT2D eigenvalue weighted by Crippen LogP contribution is -2.32. The molecule has 0 unspecified atom stereocenters. The van der Waals surface area contributed by atoms with E-state index in [1.54, 1.807) is 6.92 Å². The summed E-state index contributed by atoms with van der Waals surface area (Å²) >= 11 is 0. The van der Waals surface area contributed by atoms with Crippen LogP contribution in [0.25, 0.3) is 11.1 Å². The molecule has 1 fully saturated rings. The maximum Gasteiger partial charge on any atom is 0.201 e. The molecule has 6 heteroatoms. The van der Waals surface area contributed by atoms with Crippen LogP contribution in [-0.2, 0) is 10.2 Å². The van der Waals surface area contributed by atoms with Gasteiger partial charge in [0.25, 0.3) is 0 Å². The molecule has 1 aliphatic carbocycles. The van der Waals surface area contributed by atoms with Crippen molar-refractivity contribution in [3.8, 4) is 16.9 Å². The van der Waals surface area contributed by atoms with E-state index in [1.807, 2.05) is 0 Å². The first-order valence-electron chi connectivity index (χ1n) is 9.01. The Morgan fingerprint density at radius 2 is 1.48 bits per heavy atom. The van der Waals surface area contributed by atoms with Gasteiger partial charge in [-0.3, -0.25) is 0 Å². The number of ether oxygens (including phenoxy) is 1. The van der Waals surface area contributed by atoms with Crippen LogP contribution in [0.15, 0.2) is 24.3 Å². The van der Waals surface area contributed by atoms with Crippen LogP contribution in [0.4, 0.5) is 17.6 Å². The van der Waals surface area contributed by atoms with E-state index in [0.717, 1.165) is 25.3 Å². The molecule has 0 radical (unpaired) electrons. The van der Waals surface area contributed by atoms with Gasteiger partial charge in [0.15, 0.2) is 23.2 Å². The number of halogens is 4. The highest BCUT2D eigenvalue weighted by Gasteiger charge is 2.37. The van der Waals surface area contributed by atoms with Gasteiger partial charge in [-0.25, -0.2) is 13.2 Å². The fourth-order valence-corrected chi connectivity index (χ4v) is 3.78. The van der Waals surface area contributed by atoms with E-state index in [1.165, 1.54) is 18.2 Å². The third kappa shape index (κ3) is 3.33. The Morgan fingerprint density at radius 3 is 2.07 bits per heavy atom. The molecule has 144 valence electrons. The lowest BCUT2D eigenvalue weighted by molar-refractivity contribution is -0.113. The zero-order valence-electron chi connectivity index (χ0n) is 15.0. The maximum absolute atomic E-state index is 14.8. The lowest BCUT2D eigenvalue weighted by atomic mass is 9.70. The van der Waals surface area contributed by atoms with Crippen molar-refractivity contribution in [3.05, 3.63) is 53.1 Å². The minimum absolute atomic E-state index is 0.0229. The number of carbonyl (C=O) groups excluding carboxylic acids is 1. The van der Waals surface area contributed by atoms with Crippen molar-refractivity contribution in [2.45, 2.75) is 44.4 Å². The van der Waals surface area contributed by atoms with Gasteiger partial charge in [-0.15, -0.1) is 0 Å². The van der Waals surface area contributed by atoms with Gasteiger partial charge in [0.2, 0.25) is 5.82 Å². The van der Waals surface area contributed by atoms with Crippen molar-refractivity contribution in [2.24, 2.45) is 0 Å².